The van der Waals surface area contributed by atoms with Crippen LogP contribution in [0.1, 0.15) is 29.7 Å². The number of rotatable bonds is 4. The molecule has 1 aliphatic heterocycles. The first-order chi connectivity index (χ1) is 14.6. The molecule has 0 bridgehead atoms. The highest BCUT2D eigenvalue weighted by Gasteiger charge is 2.46. The summed E-state index contributed by atoms with van der Waals surface area (Å²) in [6.07, 6.45) is -3.58. The largest absolute Gasteiger partial charge is 0.497 e. The van der Waals surface area contributed by atoms with Gasteiger partial charge in [-0.3, -0.25) is 15.6 Å². The first-order valence-corrected chi connectivity index (χ1v) is 9.55. The third-order valence-electron chi connectivity index (χ3n) is 4.62. The van der Waals surface area contributed by atoms with E-state index in [-0.39, 0.29) is 22.9 Å². The summed E-state index contributed by atoms with van der Waals surface area (Å²) in [6.45, 7) is 1.61. The zero-order valence-electron chi connectivity index (χ0n) is 16.8. The third-order valence-corrected chi connectivity index (χ3v) is 4.82. The van der Waals surface area contributed by atoms with Crippen molar-refractivity contribution in [2.45, 2.75) is 31.6 Å². The lowest BCUT2D eigenvalue weighted by Crippen LogP contribution is -2.44. The predicted octanol–water partition coefficient (Wildman–Crippen LogP) is 2.84. The number of hydrazine groups is 1. The van der Waals surface area contributed by atoms with Gasteiger partial charge in [0.25, 0.3) is 5.91 Å². The van der Waals surface area contributed by atoms with Crippen LogP contribution >= 0.6 is 12.2 Å². The fraction of sp³-hybridized carbons (Fsp3) is 0.389. The maximum absolute atomic E-state index is 13.3. The van der Waals surface area contributed by atoms with E-state index in [1.54, 1.807) is 25.1 Å². The molecule has 1 amide bonds. The van der Waals surface area contributed by atoms with Crippen molar-refractivity contribution in [1.82, 2.24) is 20.6 Å². The standard InChI is InChI=1S/C18H21F3N6O3S/c1-9-6-14(18(19,20)21)27-15(23-9)11(8-22-27)16(28)25-26-17(31)24-12-5-4-10(29-2)7-13(12)30-3/h4-5,7-9,14,23H,6H2,1-3H3,(H,25,28)(H2,24,26,31)/t9-,14-/m1/s1. The zero-order chi connectivity index (χ0) is 22.8. The molecule has 1 aliphatic rings. The smallest absolute Gasteiger partial charge is 0.410 e. The highest BCUT2D eigenvalue weighted by atomic mass is 32.1. The number of ether oxygens (including phenoxy) is 2. The number of thiocarbonyl (C=S) groups is 1. The molecule has 1 aromatic carbocycles. The summed E-state index contributed by atoms with van der Waals surface area (Å²) in [5, 5.41) is 9.53. The summed E-state index contributed by atoms with van der Waals surface area (Å²) >= 11 is 5.15. The second kappa shape index (κ2) is 8.88. The lowest BCUT2D eigenvalue weighted by molar-refractivity contribution is -0.173. The monoisotopic (exact) mass is 458 g/mol. The van der Waals surface area contributed by atoms with Crippen molar-refractivity contribution in [2.24, 2.45) is 0 Å². The number of alkyl halides is 3. The highest BCUT2D eigenvalue weighted by Crippen LogP contribution is 2.40. The van der Waals surface area contributed by atoms with Gasteiger partial charge in [0.05, 0.1) is 26.1 Å². The van der Waals surface area contributed by atoms with Crippen LogP contribution in [0.25, 0.3) is 0 Å². The predicted molar refractivity (Wildman–Crippen MR) is 111 cm³/mol. The first kappa shape index (κ1) is 22.5. The number of carbonyl (C=O) groups excluding carboxylic acids is 1. The SMILES string of the molecule is COc1ccc(NC(=S)NNC(=O)c2cnn3c2N[C@H](C)C[C@@H]3C(F)(F)F)c(OC)c1. The number of anilines is 2. The van der Waals surface area contributed by atoms with Crippen LogP contribution in [0.5, 0.6) is 11.5 Å². The Kier molecular flexibility index (Phi) is 6.43. The van der Waals surface area contributed by atoms with Crippen molar-refractivity contribution in [3.8, 4) is 11.5 Å². The fourth-order valence-corrected chi connectivity index (χ4v) is 3.31. The van der Waals surface area contributed by atoms with Gasteiger partial charge < -0.3 is 20.1 Å². The molecule has 0 radical (unpaired) electrons. The topological polar surface area (TPSA) is 101 Å². The van der Waals surface area contributed by atoms with Crippen LogP contribution in [0.2, 0.25) is 0 Å². The molecule has 4 N–H and O–H groups in total. The van der Waals surface area contributed by atoms with E-state index in [1.807, 2.05) is 0 Å². The van der Waals surface area contributed by atoms with Crippen molar-refractivity contribution in [3.05, 3.63) is 30.0 Å². The number of methoxy groups -OCH3 is 2. The molecule has 0 fully saturated rings. The van der Waals surface area contributed by atoms with E-state index in [1.165, 1.54) is 14.2 Å². The number of halogens is 3. The van der Waals surface area contributed by atoms with E-state index in [9.17, 15) is 18.0 Å². The molecule has 0 saturated heterocycles. The van der Waals surface area contributed by atoms with Crippen molar-refractivity contribution in [3.63, 3.8) is 0 Å². The number of benzene rings is 1. The molecule has 0 unspecified atom stereocenters. The number of hydrogen-bond donors (Lipinski definition) is 4. The van der Waals surface area contributed by atoms with Gasteiger partial charge in [0.1, 0.15) is 22.9 Å². The quantitative estimate of drug-likeness (QED) is 0.410. The minimum Gasteiger partial charge on any atom is -0.497 e. The lowest BCUT2D eigenvalue weighted by Gasteiger charge is -2.31. The Balaban J connectivity index is 1.67. The Morgan fingerprint density at radius 1 is 1.29 bits per heavy atom. The molecular formula is C18H21F3N6O3S. The average Bonchev–Trinajstić information content (AvgIpc) is 3.14. The summed E-state index contributed by atoms with van der Waals surface area (Å²) in [6, 6.07) is 2.71. The van der Waals surface area contributed by atoms with Gasteiger partial charge >= 0.3 is 6.18 Å². The molecule has 3 rings (SSSR count). The third kappa shape index (κ3) is 4.93. The Hall–Kier alpha value is -3.22. The molecule has 2 heterocycles. The normalized spacial score (nSPS) is 17.7. The van der Waals surface area contributed by atoms with Gasteiger partial charge in [0.2, 0.25) is 0 Å². The summed E-state index contributed by atoms with van der Waals surface area (Å²) in [7, 11) is 3.00. The van der Waals surface area contributed by atoms with Gasteiger partial charge in [-0.25, -0.2) is 4.68 Å². The number of hydrogen-bond acceptors (Lipinski definition) is 6. The van der Waals surface area contributed by atoms with Crippen LogP contribution in [0.15, 0.2) is 24.4 Å². The molecular weight excluding hydrogens is 437 g/mol. The molecule has 31 heavy (non-hydrogen) atoms. The Bertz CT molecular complexity index is 981. The second-order valence-electron chi connectivity index (χ2n) is 6.79. The van der Waals surface area contributed by atoms with Gasteiger partial charge in [0.15, 0.2) is 11.2 Å². The van der Waals surface area contributed by atoms with Crippen molar-refractivity contribution >= 4 is 34.7 Å². The average molecular weight is 458 g/mol. The molecule has 9 nitrogen and oxygen atoms in total. The minimum absolute atomic E-state index is 0.00363. The van der Waals surface area contributed by atoms with Crippen molar-refractivity contribution in [1.29, 1.82) is 0 Å². The van der Waals surface area contributed by atoms with E-state index in [0.29, 0.717) is 17.2 Å². The summed E-state index contributed by atoms with van der Waals surface area (Å²) < 4.78 is 51.1. The Morgan fingerprint density at radius 3 is 2.68 bits per heavy atom. The molecule has 168 valence electrons. The van der Waals surface area contributed by atoms with Crippen LogP contribution in [-0.2, 0) is 0 Å². The van der Waals surface area contributed by atoms with E-state index in [4.69, 9.17) is 21.7 Å². The van der Waals surface area contributed by atoms with E-state index < -0.39 is 24.2 Å². The van der Waals surface area contributed by atoms with E-state index in [2.05, 4.69) is 26.6 Å². The lowest BCUT2D eigenvalue weighted by atomic mass is 10.1. The number of nitrogens with zero attached hydrogens (tertiary/aromatic N) is 2. The number of aromatic nitrogens is 2. The van der Waals surface area contributed by atoms with Gasteiger partial charge in [-0.15, -0.1) is 0 Å². The van der Waals surface area contributed by atoms with Gasteiger partial charge in [-0.05, 0) is 37.7 Å². The fourth-order valence-electron chi connectivity index (χ4n) is 3.14. The molecule has 2 atom stereocenters. The molecule has 13 heteroatoms. The van der Waals surface area contributed by atoms with Gasteiger partial charge in [-0.2, -0.15) is 18.3 Å². The Morgan fingerprint density at radius 2 is 2.03 bits per heavy atom. The molecule has 0 aliphatic carbocycles. The minimum atomic E-state index is -4.48. The van der Waals surface area contributed by atoms with Crippen LogP contribution in [-0.4, -0.2) is 47.2 Å². The van der Waals surface area contributed by atoms with Crippen molar-refractivity contribution in [2.75, 3.05) is 24.9 Å². The van der Waals surface area contributed by atoms with Crippen LogP contribution in [0.4, 0.5) is 24.7 Å². The van der Waals surface area contributed by atoms with Gasteiger partial charge in [-0.1, -0.05) is 0 Å². The van der Waals surface area contributed by atoms with E-state index >= 15 is 0 Å². The summed E-state index contributed by atoms with van der Waals surface area (Å²) in [4.78, 5) is 12.5. The number of carbonyl (C=O) groups is 1. The molecule has 1 aromatic heterocycles. The second-order valence-corrected chi connectivity index (χ2v) is 7.20. The number of fused-ring (bicyclic) bond motifs is 1. The summed E-state index contributed by atoms with van der Waals surface area (Å²) in [5.74, 6) is 0.335. The molecule has 0 spiro atoms. The van der Waals surface area contributed by atoms with Crippen LogP contribution in [0, 0.1) is 0 Å². The highest BCUT2D eigenvalue weighted by molar-refractivity contribution is 7.80. The van der Waals surface area contributed by atoms with Crippen LogP contribution < -0.4 is 31.0 Å². The van der Waals surface area contributed by atoms with Crippen LogP contribution in [0.3, 0.4) is 0 Å². The Labute approximate surface area is 181 Å². The maximum Gasteiger partial charge on any atom is 0.410 e. The summed E-state index contributed by atoms with van der Waals surface area (Å²) in [5.41, 5.74) is 5.33. The number of nitrogens with one attached hydrogen (secondary N) is 4. The van der Waals surface area contributed by atoms with Gasteiger partial charge in [0, 0.05) is 12.1 Å². The van der Waals surface area contributed by atoms with Crippen molar-refractivity contribution < 1.29 is 27.4 Å². The number of amides is 1. The maximum atomic E-state index is 13.3. The first-order valence-electron chi connectivity index (χ1n) is 9.14. The van der Waals surface area contributed by atoms with E-state index in [0.717, 1.165) is 10.9 Å². The molecule has 2 aromatic rings. The zero-order valence-corrected chi connectivity index (χ0v) is 17.6. The molecule has 0 saturated carbocycles.